The summed E-state index contributed by atoms with van der Waals surface area (Å²) in [6.45, 7) is 10.7. The number of nitrogens with zero attached hydrogens (tertiary/aromatic N) is 3. The Hall–Kier alpha value is -3.59. The maximum atomic E-state index is 14.4. The van der Waals surface area contributed by atoms with E-state index in [1.807, 2.05) is 77.0 Å². The quantitative estimate of drug-likeness (QED) is 0.105. The van der Waals surface area contributed by atoms with Crippen LogP contribution >= 0.6 is 0 Å². The maximum absolute atomic E-state index is 14.4. The van der Waals surface area contributed by atoms with Crippen LogP contribution in [0.25, 0.3) is 0 Å². The fraction of sp³-hybridized carbons (Fsp3) is 0.738. The van der Waals surface area contributed by atoms with Gasteiger partial charge in [-0.05, 0) is 70.1 Å². The van der Waals surface area contributed by atoms with Crippen molar-refractivity contribution in [3.63, 3.8) is 0 Å². The van der Waals surface area contributed by atoms with Gasteiger partial charge in [-0.1, -0.05) is 71.4 Å². The van der Waals surface area contributed by atoms with Crippen molar-refractivity contribution in [2.75, 3.05) is 55.6 Å². The zero-order valence-corrected chi connectivity index (χ0v) is 35.9. The van der Waals surface area contributed by atoms with Gasteiger partial charge in [-0.25, -0.2) is 4.79 Å². The number of hydrogen-bond donors (Lipinski definition) is 3. The summed E-state index contributed by atoms with van der Waals surface area (Å²) in [5, 5.41) is 5.91. The topological polar surface area (TPSA) is 173 Å². The summed E-state index contributed by atoms with van der Waals surface area (Å²) in [6.07, 6.45) is 2.85. The summed E-state index contributed by atoms with van der Waals surface area (Å²) < 4.78 is 17.0. The molecule has 0 spiro atoms. The van der Waals surface area contributed by atoms with Gasteiger partial charge in [0.25, 0.3) is 0 Å². The molecule has 0 bridgehead atoms. The van der Waals surface area contributed by atoms with Gasteiger partial charge in [0.15, 0.2) is 0 Å². The molecule has 2 rings (SSSR count). The second-order valence-corrected chi connectivity index (χ2v) is 15.9. The minimum absolute atomic E-state index is 0.00161. The van der Waals surface area contributed by atoms with Crippen molar-refractivity contribution >= 4 is 29.6 Å². The molecule has 4 amide bonds. The number of nitrogens with two attached hydrogens (primary N) is 1. The number of amides is 4. The van der Waals surface area contributed by atoms with Gasteiger partial charge in [0.2, 0.25) is 23.6 Å². The van der Waals surface area contributed by atoms with E-state index in [2.05, 4.69) is 10.6 Å². The number of carbonyl (C=O) groups is 5. The first-order chi connectivity index (χ1) is 26.6. The normalized spacial score (nSPS) is 18.7. The largest absolute Gasteiger partial charge is 0.467 e. The Morgan fingerprint density at radius 2 is 1.55 bits per heavy atom. The Morgan fingerprint density at radius 3 is 2.09 bits per heavy atom. The van der Waals surface area contributed by atoms with Crippen LogP contribution in [0.2, 0.25) is 0 Å². The number of likely N-dealkylation sites (N-methyl/N-ethyl adjacent to an activating group) is 2. The first-order valence-corrected chi connectivity index (χ1v) is 20.3. The van der Waals surface area contributed by atoms with Crippen molar-refractivity contribution < 1.29 is 38.2 Å². The third kappa shape index (κ3) is 13.5. The number of rotatable bonds is 24. The fourth-order valence-electron chi connectivity index (χ4n) is 8.18. The molecule has 1 fully saturated rings. The Bertz CT molecular complexity index is 1370. The molecule has 4 N–H and O–H groups in total. The zero-order valence-electron chi connectivity index (χ0n) is 35.9. The molecule has 0 aromatic heterocycles. The lowest BCUT2D eigenvalue weighted by atomic mass is 9.89. The van der Waals surface area contributed by atoms with Gasteiger partial charge in [-0.15, -0.1) is 0 Å². The zero-order chi connectivity index (χ0) is 42.1. The van der Waals surface area contributed by atoms with Crippen LogP contribution < -0.4 is 16.4 Å². The van der Waals surface area contributed by atoms with Gasteiger partial charge in [-0.2, -0.15) is 0 Å². The van der Waals surface area contributed by atoms with Gasteiger partial charge >= 0.3 is 5.97 Å². The van der Waals surface area contributed by atoms with Gasteiger partial charge in [0, 0.05) is 34.2 Å². The Labute approximate surface area is 335 Å². The standard InChI is InChI=1S/C42H72N6O8/c1-12-28(4)37(47(8)41(52)31(21-16-17-23-43)44-40(51)36(27(2)3)46(6)7)34(54-9)26-35(49)48-24-18-22-33(48)38(55-10)29(5)39(50)45-32(42(53)56-11)25-30-19-14-13-15-20-30/h13-15,19-20,27-29,31-34,36-38H,12,16-18,21-26,43H2,1-11H3,(H,44,51)(H,45,50)/t28-,29+,31-,32-,33-,34+,36-,37-,38+/m0/s1. The molecule has 1 saturated heterocycles. The van der Waals surface area contributed by atoms with Crippen molar-refractivity contribution in [1.82, 2.24) is 25.3 Å². The summed E-state index contributed by atoms with van der Waals surface area (Å²) in [7, 11) is 9.79. The van der Waals surface area contributed by atoms with Crippen LogP contribution in [-0.2, 0) is 44.6 Å². The second kappa shape index (κ2) is 24.2. The molecule has 0 unspecified atom stereocenters. The molecule has 0 radical (unpaired) electrons. The molecular formula is C42H72N6O8. The molecule has 1 heterocycles. The lowest BCUT2D eigenvalue weighted by Crippen LogP contribution is -2.58. The number of esters is 1. The number of ether oxygens (including phenoxy) is 3. The van der Waals surface area contributed by atoms with E-state index in [1.54, 1.807) is 30.9 Å². The number of nitrogens with one attached hydrogen (secondary N) is 2. The third-order valence-corrected chi connectivity index (χ3v) is 11.4. The molecule has 1 aromatic rings. The molecule has 1 aromatic carbocycles. The van der Waals surface area contributed by atoms with Crippen molar-refractivity contribution in [3.05, 3.63) is 35.9 Å². The smallest absolute Gasteiger partial charge is 0.328 e. The Kier molecular flexibility index (Phi) is 21.0. The van der Waals surface area contributed by atoms with Crippen molar-refractivity contribution in [2.24, 2.45) is 23.5 Å². The molecule has 14 heteroatoms. The molecular weight excluding hydrogens is 716 g/mol. The minimum atomic E-state index is -0.894. The summed E-state index contributed by atoms with van der Waals surface area (Å²) >= 11 is 0. The van der Waals surface area contributed by atoms with Crippen LogP contribution in [0.4, 0.5) is 0 Å². The number of unbranched alkanes of at least 4 members (excludes halogenated alkanes) is 1. The van der Waals surface area contributed by atoms with Gasteiger partial charge < -0.3 is 40.4 Å². The monoisotopic (exact) mass is 789 g/mol. The fourth-order valence-corrected chi connectivity index (χ4v) is 8.18. The number of benzene rings is 1. The van der Waals surface area contributed by atoms with Crippen LogP contribution in [0.5, 0.6) is 0 Å². The highest BCUT2D eigenvalue weighted by Gasteiger charge is 2.43. The van der Waals surface area contributed by atoms with E-state index in [0.29, 0.717) is 38.8 Å². The molecule has 14 nitrogen and oxygen atoms in total. The van der Waals surface area contributed by atoms with E-state index in [0.717, 1.165) is 18.4 Å². The minimum Gasteiger partial charge on any atom is -0.467 e. The molecule has 0 aliphatic carbocycles. The van der Waals surface area contributed by atoms with Gasteiger partial charge in [0.05, 0.1) is 49.8 Å². The van der Waals surface area contributed by atoms with Crippen molar-refractivity contribution in [1.29, 1.82) is 0 Å². The van der Waals surface area contributed by atoms with E-state index < -0.39 is 54.3 Å². The van der Waals surface area contributed by atoms with Crippen LogP contribution in [0.3, 0.4) is 0 Å². The molecule has 0 saturated carbocycles. The molecule has 318 valence electrons. The maximum Gasteiger partial charge on any atom is 0.328 e. The SMILES string of the molecule is CC[C@H](C)[C@@H]([C@@H](CC(=O)N1CCC[C@H]1[C@H](OC)[C@@H](C)C(=O)N[C@@H](Cc1ccccc1)C(=O)OC)OC)N(C)C(=O)[C@H](CCCCN)NC(=O)[C@H](C(C)C)N(C)C. The summed E-state index contributed by atoms with van der Waals surface area (Å²) in [6, 6.07) is 6.42. The van der Waals surface area contributed by atoms with Crippen LogP contribution in [0.15, 0.2) is 30.3 Å². The molecule has 56 heavy (non-hydrogen) atoms. The van der Waals surface area contributed by atoms with Gasteiger partial charge in [-0.3, -0.25) is 24.1 Å². The Morgan fingerprint density at radius 1 is 0.911 bits per heavy atom. The van der Waals surface area contributed by atoms with E-state index in [4.69, 9.17) is 19.9 Å². The Balaban J connectivity index is 2.30. The first-order valence-electron chi connectivity index (χ1n) is 20.3. The number of methoxy groups -OCH3 is 3. The summed E-state index contributed by atoms with van der Waals surface area (Å²) in [5.41, 5.74) is 6.66. The average Bonchev–Trinajstić information content (AvgIpc) is 3.66. The van der Waals surface area contributed by atoms with E-state index in [-0.39, 0.29) is 48.3 Å². The first kappa shape index (κ1) is 48.6. The van der Waals surface area contributed by atoms with E-state index in [9.17, 15) is 24.0 Å². The second-order valence-electron chi connectivity index (χ2n) is 15.9. The van der Waals surface area contributed by atoms with Crippen molar-refractivity contribution in [3.8, 4) is 0 Å². The van der Waals surface area contributed by atoms with E-state index in [1.165, 1.54) is 14.2 Å². The predicted octanol–water partition coefficient (Wildman–Crippen LogP) is 3.01. The lowest BCUT2D eigenvalue weighted by Gasteiger charge is -2.40. The molecule has 9 atom stereocenters. The van der Waals surface area contributed by atoms with Crippen LogP contribution in [0, 0.1) is 17.8 Å². The van der Waals surface area contributed by atoms with Crippen LogP contribution in [-0.4, -0.2) is 142 Å². The highest BCUT2D eigenvalue weighted by atomic mass is 16.5. The van der Waals surface area contributed by atoms with E-state index >= 15 is 0 Å². The number of carbonyl (C=O) groups excluding carboxylic acids is 5. The number of likely N-dealkylation sites (tertiary alicyclic amines) is 1. The average molecular weight is 789 g/mol. The highest BCUT2D eigenvalue weighted by Crippen LogP contribution is 2.30. The predicted molar refractivity (Wildman–Crippen MR) is 217 cm³/mol. The molecule has 1 aliphatic rings. The highest BCUT2D eigenvalue weighted by molar-refractivity contribution is 5.90. The van der Waals surface area contributed by atoms with Crippen LogP contribution in [0.1, 0.15) is 85.1 Å². The third-order valence-electron chi connectivity index (χ3n) is 11.4. The summed E-state index contributed by atoms with van der Waals surface area (Å²) in [5.74, 6) is -2.28. The number of hydrogen-bond acceptors (Lipinski definition) is 10. The summed E-state index contributed by atoms with van der Waals surface area (Å²) in [4.78, 5) is 73.8. The molecule has 1 aliphatic heterocycles. The lowest BCUT2D eigenvalue weighted by molar-refractivity contribution is -0.148. The van der Waals surface area contributed by atoms with Crippen molar-refractivity contribution in [2.45, 2.75) is 128 Å². The van der Waals surface area contributed by atoms with Gasteiger partial charge in [0.1, 0.15) is 12.1 Å².